The van der Waals surface area contributed by atoms with Crippen molar-refractivity contribution in [3.05, 3.63) is 35.4 Å². The van der Waals surface area contributed by atoms with Gasteiger partial charge in [-0.05, 0) is 17.7 Å². The molecule has 1 aromatic carbocycles. The number of nitrogens with zero attached hydrogens (tertiary/aromatic N) is 1. The van der Waals surface area contributed by atoms with Gasteiger partial charge in [0, 0.05) is 6.54 Å². The second-order valence-corrected chi connectivity index (χ2v) is 3.56. The first kappa shape index (κ1) is 14.9. The molecule has 1 amide bonds. The van der Waals surface area contributed by atoms with Crippen molar-refractivity contribution in [1.82, 2.24) is 5.32 Å². The molecule has 1 N–H and O–H groups in total. The number of halogens is 5. The molecule has 19 heavy (non-hydrogen) atoms. The van der Waals surface area contributed by atoms with Gasteiger partial charge in [-0.2, -0.15) is 27.2 Å². The van der Waals surface area contributed by atoms with E-state index in [9.17, 15) is 26.7 Å². The van der Waals surface area contributed by atoms with Crippen molar-refractivity contribution in [2.45, 2.75) is 18.6 Å². The lowest BCUT2D eigenvalue weighted by Crippen LogP contribution is -2.50. The van der Waals surface area contributed by atoms with Gasteiger partial charge in [0.25, 0.3) is 0 Å². The van der Waals surface area contributed by atoms with Gasteiger partial charge in [0.1, 0.15) is 0 Å². The third-order valence-electron chi connectivity index (χ3n) is 2.18. The maximum Gasteiger partial charge on any atom is 0.463 e. The van der Waals surface area contributed by atoms with E-state index in [2.05, 4.69) is 0 Å². The zero-order valence-corrected chi connectivity index (χ0v) is 9.26. The molecule has 0 spiro atoms. The minimum atomic E-state index is -5.93. The third kappa shape index (κ3) is 3.40. The fraction of sp³-hybridized carbons (Fsp3) is 0.273. The van der Waals surface area contributed by atoms with Crippen LogP contribution in [0.1, 0.15) is 11.1 Å². The Hall–Kier alpha value is -2.17. The van der Waals surface area contributed by atoms with Gasteiger partial charge in [0.15, 0.2) is 0 Å². The van der Waals surface area contributed by atoms with Crippen LogP contribution in [0.15, 0.2) is 24.3 Å². The van der Waals surface area contributed by atoms with Crippen molar-refractivity contribution in [2.24, 2.45) is 0 Å². The Labute approximate surface area is 104 Å². The van der Waals surface area contributed by atoms with E-state index in [4.69, 9.17) is 5.26 Å². The molecule has 0 aliphatic rings. The zero-order valence-electron chi connectivity index (χ0n) is 9.26. The summed E-state index contributed by atoms with van der Waals surface area (Å²) in [6, 6.07) is 7.18. The lowest BCUT2D eigenvalue weighted by molar-refractivity contribution is -0.269. The first-order valence-electron chi connectivity index (χ1n) is 4.90. The number of rotatable bonds is 3. The molecule has 0 atom stereocenters. The largest absolute Gasteiger partial charge is 0.463 e. The van der Waals surface area contributed by atoms with Crippen LogP contribution in [-0.4, -0.2) is 18.0 Å². The van der Waals surface area contributed by atoms with Crippen LogP contribution < -0.4 is 5.32 Å². The van der Waals surface area contributed by atoms with Crippen LogP contribution >= 0.6 is 0 Å². The second kappa shape index (κ2) is 5.22. The monoisotopic (exact) mass is 278 g/mol. The summed E-state index contributed by atoms with van der Waals surface area (Å²) in [5, 5.41) is 9.99. The predicted octanol–water partition coefficient (Wildman–Crippen LogP) is 2.37. The molecule has 0 saturated carbocycles. The molecule has 0 unspecified atom stereocenters. The normalized spacial score (nSPS) is 11.8. The Morgan fingerprint density at radius 1 is 1.16 bits per heavy atom. The smallest absolute Gasteiger partial charge is 0.346 e. The molecule has 0 aliphatic heterocycles. The van der Waals surface area contributed by atoms with Crippen LogP contribution in [-0.2, 0) is 11.3 Å². The van der Waals surface area contributed by atoms with E-state index in [1.165, 1.54) is 29.6 Å². The van der Waals surface area contributed by atoms with Gasteiger partial charge in [-0.3, -0.25) is 4.79 Å². The minimum Gasteiger partial charge on any atom is -0.346 e. The van der Waals surface area contributed by atoms with Crippen molar-refractivity contribution in [3.63, 3.8) is 0 Å². The Kier molecular flexibility index (Phi) is 4.09. The molecular weight excluding hydrogens is 271 g/mol. The highest BCUT2D eigenvalue weighted by Crippen LogP contribution is 2.35. The van der Waals surface area contributed by atoms with Crippen molar-refractivity contribution >= 4 is 5.91 Å². The van der Waals surface area contributed by atoms with E-state index in [0.717, 1.165) is 0 Å². The van der Waals surface area contributed by atoms with Crippen molar-refractivity contribution < 1.29 is 26.7 Å². The first-order chi connectivity index (χ1) is 8.68. The number of nitrogens with one attached hydrogen (secondary N) is 1. The number of hydrogen-bond acceptors (Lipinski definition) is 2. The van der Waals surface area contributed by atoms with Gasteiger partial charge < -0.3 is 5.32 Å². The van der Waals surface area contributed by atoms with E-state index in [1.54, 1.807) is 0 Å². The topological polar surface area (TPSA) is 52.9 Å². The summed E-state index contributed by atoms with van der Waals surface area (Å²) in [4.78, 5) is 10.8. The number of benzene rings is 1. The molecular formula is C11H7F5N2O. The summed E-state index contributed by atoms with van der Waals surface area (Å²) in [5.41, 5.74) is 0.598. The van der Waals surface area contributed by atoms with E-state index >= 15 is 0 Å². The minimum absolute atomic E-state index is 0.297. The van der Waals surface area contributed by atoms with E-state index in [-0.39, 0.29) is 0 Å². The molecule has 8 heteroatoms. The van der Waals surface area contributed by atoms with Crippen LogP contribution in [0.5, 0.6) is 0 Å². The average molecular weight is 278 g/mol. The Bertz CT molecular complexity index is 501. The van der Waals surface area contributed by atoms with Gasteiger partial charge >= 0.3 is 18.0 Å². The van der Waals surface area contributed by atoms with Gasteiger partial charge in [0.05, 0.1) is 11.6 Å². The number of amides is 1. The first-order valence-corrected chi connectivity index (χ1v) is 4.90. The number of hydrogen-bond donors (Lipinski definition) is 1. The van der Waals surface area contributed by atoms with Crippen LogP contribution in [0, 0.1) is 11.3 Å². The molecule has 0 aliphatic carbocycles. The van der Waals surface area contributed by atoms with Crippen molar-refractivity contribution in [3.8, 4) is 6.07 Å². The maximum absolute atomic E-state index is 12.6. The van der Waals surface area contributed by atoms with Crippen LogP contribution in [0.4, 0.5) is 22.0 Å². The highest BCUT2D eigenvalue weighted by atomic mass is 19.4. The maximum atomic E-state index is 12.6. The summed E-state index contributed by atoms with van der Waals surface area (Å²) < 4.78 is 60.7. The van der Waals surface area contributed by atoms with Gasteiger partial charge in [-0.15, -0.1) is 0 Å². The van der Waals surface area contributed by atoms with Gasteiger partial charge in [-0.25, -0.2) is 0 Å². The third-order valence-corrected chi connectivity index (χ3v) is 2.18. The molecule has 102 valence electrons. The molecule has 1 rings (SSSR count). The van der Waals surface area contributed by atoms with Gasteiger partial charge in [-0.1, -0.05) is 12.1 Å². The summed E-state index contributed by atoms with van der Waals surface area (Å²) >= 11 is 0. The number of carbonyl (C=O) groups excluding carboxylic acids is 1. The fourth-order valence-corrected chi connectivity index (χ4v) is 1.12. The fourth-order valence-electron chi connectivity index (χ4n) is 1.12. The van der Waals surface area contributed by atoms with E-state index in [1.807, 2.05) is 6.07 Å². The van der Waals surface area contributed by atoms with Crippen molar-refractivity contribution in [1.29, 1.82) is 5.26 Å². The van der Waals surface area contributed by atoms with Gasteiger partial charge in [0.2, 0.25) is 0 Å². The summed E-state index contributed by atoms with van der Waals surface area (Å²) in [6.07, 6.45) is -5.93. The Morgan fingerprint density at radius 3 is 2.11 bits per heavy atom. The number of nitriles is 1. The lowest BCUT2D eigenvalue weighted by atomic mass is 10.1. The van der Waals surface area contributed by atoms with Crippen LogP contribution in [0.25, 0.3) is 0 Å². The molecule has 3 nitrogen and oxygen atoms in total. The molecule has 0 fully saturated rings. The lowest BCUT2D eigenvalue weighted by Gasteiger charge is -2.18. The quantitative estimate of drug-likeness (QED) is 0.863. The molecule has 0 aromatic heterocycles. The Morgan fingerprint density at radius 2 is 1.68 bits per heavy atom. The summed E-state index contributed by atoms with van der Waals surface area (Å²) in [5.74, 6) is -7.84. The average Bonchev–Trinajstić information content (AvgIpc) is 2.35. The summed E-state index contributed by atoms with van der Waals surface area (Å²) in [7, 11) is 0. The van der Waals surface area contributed by atoms with Crippen LogP contribution in [0.3, 0.4) is 0 Å². The predicted molar refractivity (Wildman–Crippen MR) is 54.0 cm³/mol. The highest BCUT2D eigenvalue weighted by molar-refractivity contribution is 5.84. The second-order valence-electron chi connectivity index (χ2n) is 3.56. The molecule has 0 bridgehead atoms. The zero-order chi connectivity index (χ0) is 14.7. The van der Waals surface area contributed by atoms with E-state index < -0.39 is 24.6 Å². The number of alkyl halides is 5. The molecule has 0 saturated heterocycles. The summed E-state index contributed by atoms with van der Waals surface area (Å²) in [6.45, 7) is -0.490. The highest BCUT2D eigenvalue weighted by Gasteiger charge is 2.63. The molecule has 0 radical (unpaired) electrons. The van der Waals surface area contributed by atoms with E-state index in [0.29, 0.717) is 11.1 Å². The SMILES string of the molecule is N#Cc1ccc(CNC(=O)C(F)(F)C(F)(F)F)cc1. The Balaban J connectivity index is 2.67. The van der Waals surface area contributed by atoms with Crippen molar-refractivity contribution in [2.75, 3.05) is 0 Å². The van der Waals surface area contributed by atoms with Crippen LogP contribution in [0.2, 0.25) is 0 Å². The molecule has 1 aromatic rings. The number of carbonyl (C=O) groups is 1. The molecule has 0 heterocycles. The standard InChI is InChI=1S/C11H7F5N2O/c12-10(13,11(14,15)16)9(19)18-6-8-3-1-7(5-17)2-4-8/h1-4H,6H2,(H,18,19).